The van der Waals surface area contributed by atoms with Crippen LogP contribution in [0.4, 0.5) is 0 Å². The van der Waals surface area contributed by atoms with Crippen LogP contribution < -0.4 is 0 Å². The highest BCUT2D eigenvalue weighted by Gasteiger charge is 2.14. The van der Waals surface area contributed by atoms with Gasteiger partial charge in [-0.2, -0.15) is 5.10 Å². The van der Waals surface area contributed by atoms with Gasteiger partial charge in [-0.3, -0.25) is 4.68 Å². The van der Waals surface area contributed by atoms with Crippen molar-refractivity contribution in [1.29, 1.82) is 0 Å². The predicted octanol–water partition coefficient (Wildman–Crippen LogP) is 3.28. The van der Waals surface area contributed by atoms with Gasteiger partial charge in [0.2, 0.25) is 0 Å². The molecule has 0 radical (unpaired) electrons. The fraction of sp³-hybridized carbons (Fsp3) is 0.400. The molecule has 0 aliphatic rings. The first-order valence-corrected chi connectivity index (χ1v) is 7.51. The van der Waals surface area contributed by atoms with Gasteiger partial charge in [0.15, 0.2) is 0 Å². The number of rotatable bonds is 6. The number of aryl methyl sites for hydroxylation is 1. The molecule has 1 aromatic heterocycles. The minimum atomic E-state index is -0.618. The molecule has 4 nitrogen and oxygen atoms in total. The highest BCUT2D eigenvalue weighted by atomic mass is 35.5. The van der Waals surface area contributed by atoms with Crippen molar-refractivity contribution in [2.75, 3.05) is 13.6 Å². The van der Waals surface area contributed by atoms with Crippen molar-refractivity contribution in [3.63, 3.8) is 0 Å². The Balaban J connectivity index is 1.88. The van der Waals surface area contributed by atoms with Gasteiger partial charge in [0, 0.05) is 37.5 Å². The summed E-state index contributed by atoms with van der Waals surface area (Å²) in [5, 5.41) is 15.3. The molecule has 0 aliphatic carbocycles. The van der Waals surface area contributed by atoms with Crippen LogP contribution in [0.2, 0.25) is 10.0 Å². The lowest BCUT2D eigenvalue weighted by Crippen LogP contribution is -2.20. The number of hydrogen-bond acceptors (Lipinski definition) is 3. The lowest BCUT2D eigenvalue weighted by atomic mass is 10.1. The highest BCUT2D eigenvalue weighted by Crippen LogP contribution is 2.31. The van der Waals surface area contributed by atoms with Crippen molar-refractivity contribution in [1.82, 2.24) is 14.7 Å². The van der Waals surface area contributed by atoms with E-state index in [-0.39, 0.29) is 0 Å². The molecule has 1 atom stereocenters. The smallest absolute Gasteiger partial charge is 0.0817 e. The molecule has 21 heavy (non-hydrogen) atoms. The number of nitrogens with zero attached hydrogens (tertiary/aromatic N) is 3. The third-order valence-electron chi connectivity index (χ3n) is 3.34. The summed E-state index contributed by atoms with van der Waals surface area (Å²) >= 11 is 12.1. The summed E-state index contributed by atoms with van der Waals surface area (Å²) in [4.78, 5) is 2.14. The third-order valence-corrected chi connectivity index (χ3v) is 4.17. The van der Waals surface area contributed by atoms with Crippen molar-refractivity contribution in [3.05, 3.63) is 51.8 Å². The van der Waals surface area contributed by atoms with Crippen LogP contribution in [0.25, 0.3) is 0 Å². The average molecular weight is 328 g/mol. The third kappa shape index (κ3) is 4.45. The molecule has 6 heteroatoms. The molecule has 1 heterocycles. The molecule has 0 fully saturated rings. The summed E-state index contributed by atoms with van der Waals surface area (Å²) in [5.74, 6) is 0. The van der Waals surface area contributed by atoms with E-state index in [4.69, 9.17) is 23.2 Å². The Kier molecular flexibility index (Phi) is 5.65. The van der Waals surface area contributed by atoms with Crippen LogP contribution in [0, 0.1) is 0 Å². The second-order valence-corrected chi connectivity index (χ2v) is 5.99. The number of hydrogen-bond donors (Lipinski definition) is 1. The Morgan fingerprint density at radius 2 is 2.14 bits per heavy atom. The first-order chi connectivity index (χ1) is 9.97. The van der Waals surface area contributed by atoms with E-state index in [0.29, 0.717) is 22.0 Å². The number of aliphatic hydroxyl groups excluding tert-OH is 1. The summed E-state index contributed by atoms with van der Waals surface area (Å²) in [7, 11) is 3.91. The van der Waals surface area contributed by atoms with E-state index in [1.807, 2.05) is 26.5 Å². The van der Waals surface area contributed by atoms with Gasteiger partial charge in [-0.25, -0.2) is 0 Å². The zero-order chi connectivity index (χ0) is 15.4. The standard InChI is InChI=1S/C15H19Cl2N3O/c1-19(9-11-8-18-20(2)10-11)7-6-14(21)12-4-3-5-13(16)15(12)17/h3-5,8,10,14,21H,6-7,9H2,1-2H3. The quantitative estimate of drug-likeness (QED) is 0.885. The van der Waals surface area contributed by atoms with Crippen molar-refractivity contribution in [3.8, 4) is 0 Å². The molecular weight excluding hydrogens is 309 g/mol. The lowest BCUT2D eigenvalue weighted by Gasteiger charge is -2.19. The van der Waals surface area contributed by atoms with E-state index in [1.54, 1.807) is 22.9 Å². The van der Waals surface area contributed by atoms with Crippen LogP contribution in [0.3, 0.4) is 0 Å². The summed E-state index contributed by atoms with van der Waals surface area (Å²) in [6.45, 7) is 1.54. The molecule has 0 bridgehead atoms. The molecule has 1 aromatic carbocycles. The van der Waals surface area contributed by atoms with Crippen LogP contribution >= 0.6 is 23.2 Å². The van der Waals surface area contributed by atoms with E-state index in [0.717, 1.165) is 18.7 Å². The van der Waals surface area contributed by atoms with Crippen molar-refractivity contribution in [2.24, 2.45) is 7.05 Å². The Morgan fingerprint density at radius 1 is 1.38 bits per heavy atom. The van der Waals surface area contributed by atoms with Crippen LogP contribution in [-0.4, -0.2) is 33.4 Å². The summed E-state index contributed by atoms with van der Waals surface area (Å²) < 4.78 is 1.78. The maximum absolute atomic E-state index is 10.3. The van der Waals surface area contributed by atoms with Crippen molar-refractivity contribution >= 4 is 23.2 Å². The van der Waals surface area contributed by atoms with Gasteiger partial charge in [0.05, 0.1) is 22.3 Å². The van der Waals surface area contributed by atoms with Crippen LogP contribution in [0.15, 0.2) is 30.6 Å². The minimum absolute atomic E-state index is 0.432. The first-order valence-electron chi connectivity index (χ1n) is 6.75. The lowest BCUT2D eigenvalue weighted by molar-refractivity contribution is 0.148. The molecular formula is C15H19Cl2N3O. The summed E-state index contributed by atoms with van der Waals surface area (Å²) in [6.07, 6.45) is 3.81. The van der Waals surface area contributed by atoms with Crippen molar-refractivity contribution < 1.29 is 5.11 Å². The zero-order valence-electron chi connectivity index (χ0n) is 12.1. The first kappa shape index (κ1) is 16.3. The van der Waals surface area contributed by atoms with Gasteiger partial charge in [-0.15, -0.1) is 0 Å². The Bertz CT molecular complexity index is 600. The second-order valence-electron chi connectivity index (χ2n) is 5.21. The van der Waals surface area contributed by atoms with Gasteiger partial charge in [0.1, 0.15) is 0 Å². The van der Waals surface area contributed by atoms with Crippen LogP contribution in [0.5, 0.6) is 0 Å². The number of aliphatic hydroxyl groups is 1. The van der Waals surface area contributed by atoms with E-state index in [1.165, 1.54) is 0 Å². The number of aromatic nitrogens is 2. The highest BCUT2D eigenvalue weighted by molar-refractivity contribution is 6.42. The molecule has 0 saturated heterocycles. The molecule has 2 rings (SSSR count). The van der Waals surface area contributed by atoms with E-state index >= 15 is 0 Å². The Hall–Kier alpha value is -1.07. The normalized spacial score (nSPS) is 12.9. The molecule has 0 spiro atoms. The van der Waals surface area contributed by atoms with Gasteiger partial charge in [0.25, 0.3) is 0 Å². The van der Waals surface area contributed by atoms with E-state index in [9.17, 15) is 5.11 Å². The van der Waals surface area contributed by atoms with Gasteiger partial charge < -0.3 is 10.0 Å². The second kappa shape index (κ2) is 7.27. The maximum atomic E-state index is 10.3. The predicted molar refractivity (Wildman–Crippen MR) is 85.6 cm³/mol. The molecule has 1 unspecified atom stereocenters. The average Bonchev–Trinajstić information content (AvgIpc) is 2.84. The summed E-state index contributed by atoms with van der Waals surface area (Å²) in [5.41, 5.74) is 1.83. The molecule has 1 N–H and O–H groups in total. The topological polar surface area (TPSA) is 41.3 Å². The van der Waals surface area contributed by atoms with Gasteiger partial charge >= 0.3 is 0 Å². The molecule has 0 aliphatic heterocycles. The monoisotopic (exact) mass is 327 g/mol. The Labute approximate surface area is 134 Å². The number of halogens is 2. The zero-order valence-corrected chi connectivity index (χ0v) is 13.6. The molecule has 114 valence electrons. The minimum Gasteiger partial charge on any atom is -0.388 e. The largest absolute Gasteiger partial charge is 0.388 e. The molecule has 2 aromatic rings. The fourth-order valence-electron chi connectivity index (χ4n) is 2.22. The van der Waals surface area contributed by atoms with Gasteiger partial charge in [-0.05, 0) is 19.5 Å². The van der Waals surface area contributed by atoms with Crippen molar-refractivity contribution in [2.45, 2.75) is 19.1 Å². The van der Waals surface area contributed by atoms with Crippen LogP contribution in [0.1, 0.15) is 23.7 Å². The summed E-state index contributed by atoms with van der Waals surface area (Å²) in [6, 6.07) is 5.32. The molecule has 0 saturated carbocycles. The maximum Gasteiger partial charge on any atom is 0.0817 e. The van der Waals surface area contributed by atoms with E-state index < -0.39 is 6.10 Å². The van der Waals surface area contributed by atoms with Crippen LogP contribution in [-0.2, 0) is 13.6 Å². The number of benzene rings is 1. The van der Waals surface area contributed by atoms with Gasteiger partial charge in [-0.1, -0.05) is 35.3 Å². The van der Waals surface area contributed by atoms with E-state index in [2.05, 4.69) is 10.00 Å². The fourth-order valence-corrected chi connectivity index (χ4v) is 2.65. The SMILES string of the molecule is CN(CCC(O)c1cccc(Cl)c1Cl)Cc1cnn(C)c1. The molecule has 0 amide bonds. The Morgan fingerprint density at radius 3 is 2.81 bits per heavy atom.